The third-order valence-corrected chi connectivity index (χ3v) is 4.25. The van der Waals surface area contributed by atoms with Crippen molar-refractivity contribution in [3.63, 3.8) is 0 Å². The fourth-order valence-corrected chi connectivity index (χ4v) is 2.64. The Bertz CT molecular complexity index is 595. The van der Waals surface area contributed by atoms with Crippen LogP contribution in [0.4, 0.5) is 5.82 Å². The molecule has 0 spiro atoms. The van der Waals surface area contributed by atoms with Gasteiger partial charge in [-0.15, -0.1) is 11.3 Å². The molecule has 0 amide bonds. The molecule has 0 radical (unpaired) electrons. The van der Waals surface area contributed by atoms with E-state index in [9.17, 15) is 4.79 Å². The molecule has 0 saturated carbocycles. The number of carbonyl (C=O) groups excluding carboxylic acids is 1. The van der Waals surface area contributed by atoms with Crippen LogP contribution in [0.25, 0.3) is 0 Å². The molecule has 5 nitrogen and oxygen atoms in total. The molecular formula is C15H19N3O2S. The summed E-state index contributed by atoms with van der Waals surface area (Å²) in [4.78, 5) is 21.5. The summed E-state index contributed by atoms with van der Waals surface area (Å²) in [5.74, 6) is 0.362. The number of nitrogens with one attached hydrogen (secondary N) is 1. The van der Waals surface area contributed by atoms with Crippen molar-refractivity contribution >= 4 is 23.1 Å². The van der Waals surface area contributed by atoms with Crippen molar-refractivity contribution in [3.05, 3.63) is 40.0 Å². The van der Waals surface area contributed by atoms with Gasteiger partial charge in [-0.3, -0.25) is 0 Å². The lowest BCUT2D eigenvalue weighted by Gasteiger charge is -2.12. The Balaban J connectivity index is 2.01. The van der Waals surface area contributed by atoms with Crippen LogP contribution in [0, 0.1) is 0 Å². The highest BCUT2D eigenvalue weighted by Gasteiger charge is 2.11. The number of carbonyl (C=O) groups is 1. The zero-order chi connectivity index (χ0) is 15.2. The number of nitrogens with zero attached hydrogens (tertiary/aromatic N) is 2. The van der Waals surface area contributed by atoms with Gasteiger partial charge in [0.25, 0.3) is 0 Å². The van der Waals surface area contributed by atoms with E-state index in [1.807, 2.05) is 13.1 Å². The number of aryl methyl sites for hydroxylation is 1. The van der Waals surface area contributed by atoms with Gasteiger partial charge in [-0.1, -0.05) is 6.92 Å². The molecule has 0 saturated heterocycles. The Morgan fingerprint density at radius 2 is 2.14 bits per heavy atom. The predicted octanol–water partition coefficient (Wildman–Crippen LogP) is 3.45. The average Bonchev–Trinajstić information content (AvgIpc) is 2.97. The van der Waals surface area contributed by atoms with E-state index in [2.05, 4.69) is 22.2 Å². The first-order valence-electron chi connectivity index (χ1n) is 6.98. The zero-order valence-corrected chi connectivity index (χ0v) is 13.2. The van der Waals surface area contributed by atoms with E-state index in [0.29, 0.717) is 18.0 Å². The van der Waals surface area contributed by atoms with E-state index in [1.165, 1.54) is 11.1 Å². The summed E-state index contributed by atoms with van der Waals surface area (Å²) in [6.45, 7) is 6.30. The van der Waals surface area contributed by atoms with Crippen LogP contribution in [-0.2, 0) is 11.2 Å². The van der Waals surface area contributed by atoms with Gasteiger partial charge in [-0.25, -0.2) is 14.8 Å². The van der Waals surface area contributed by atoms with Crippen LogP contribution in [0.15, 0.2) is 24.5 Å². The normalized spacial score (nSPS) is 12.0. The van der Waals surface area contributed by atoms with Crippen molar-refractivity contribution < 1.29 is 9.53 Å². The van der Waals surface area contributed by atoms with E-state index in [0.717, 1.165) is 11.4 Å². The van der Waals surface area contributed by atoms with Crippen LogP contribution in [0.1, 0.15) is 47.1 Å². The zero-order valence-electron chi connectivity index (χ0n) is 12.4. The highest BCUT2D eigenvalue weighted by molar-refractivity contribution is 7.11. The molecule has 0 bridgehead atoms. The number of esters is 1. The lowest BCUT2D eigenvalue weighted by Crippen LogP contribution is -2.09. The first-order chi connectivity index (χ1) is 10.1. The fourth-order valence-electron chi connectivity index (χ4n) is 1.78. The minimum Gasteiger partial charge on any atom is -0.462 e. The Labute approximate surface area is 128 Å². The monoisotopic (exact) mass is 305 g/mol. The summed E-state index contributed by atoms with van der Waals surface area (Å²) in [5, 5.41) is 4.31. The Morgan fingerprint density at radius 3 is 2.71 bits per heavy atom. The smallest absolute Gasteiger partial charge is 0.339 e. The van der Waals surface area contributed by atoms with Gasteiger partial charge in [0.15, 0.2) is 0 Å². The van der Waals surface area contributed by atoms with E-state index < -0.39 is 0 Å². The second-order valence-electron chi connectivity index (χ2n) is 4.54. The summed E-state index contributed by atoms with van der Waals surface area (Å²) in [7, 11) is 0. The maximum Gasteiger partial charge on any atom is 0.339 e. The molecule has 0 aromatic carbocycles. The molecule has 0 aliphatic heterocycles. The molecule has 0 aliphatic rings. The third-order valence-electron chi connectivity index (χ3n) is 2.93. The molecule has 112 valence electrons. The average molecular weight is 305 g/mol. The van der Waals surface area contributed by atoms with Crippen molar-refractivity contribution in [2.45, 2.75) is 33.2 Å². The number of hydrogen-bond donors (Lipinski definition) is 1. The number of anilines is 1. The predicted molar refractivity (Wildman–Crippen MR) is 83.7 cm³/mol. The first-order valence-corrected chi connectivity index (χ1v) is 7.80. The van der Waals surface area contributed by atoms with E-state index in [4.69, 9.17) is 4.74 Å². The topological polar surface area (TPSA) is 64.1 Å². The Hall–Kier alpha value is -1.95. The summed E-state index contributed by atoms with van der Waals surface area (Å²) >= 11 is 1.70. The minimum atomic E-state index is -0.350. The number of thiazole rings is 1. The molecule has 1 atom stereocenters. The standard InChI is InChI=1S/C15H19N3O2S/c1-4-12-9-17-14(21-12)10(3)18-13-7-6-11(8-16-13)15(19)20-5-2/h6-10H,4-5H2,1-3H3,(H,16,18). The van der Waals surface area contributed by atoms with Crippen molar-refractivity contribution in [1.29, 1.82) is 0 Å². The molecule has 1 unspecified atom stereocenters. The van der Waals surface area contributed by atoms with Crippen molar-refractivity contribution in [1.82, 2.24) is 9.97 Å². The maximum atomic E-state index is 11.5. The summed E-state index contributed by atoms with van der Waals surface area (Å²) in [6.07, 6.45) is 4.43. The van der Waals surface area contributed by atoms with Crippen molar-refractivity contribution in [2.75, 3.05) is 11.9 Å². The highest BCUT2D eigenvalue weighted by atomic mass is 32.1. The molecule has 2 aromatic heterocycles. The number of ether oxygens (including phenoxy) is 1. The Kier molecular flexibility index (Phi) is 5.27. The van der Waals surface area contributed by atoms with Crippen LogP contribution >= 0.6 is 11.3 Å². The third kappa shape index (κ3) is 4.01. The van der Waals surface area contributed by atoms with Crippen LogP contribution in [0.3, 0.4) is 0 Å². The first kappa shape index (κ1) is 15.4. The van der Waals surface area contributed by atoms with Crippen LogP contribution in [0.5, 0.6) is 0 Å². The lowest BCUT2D eigenvalue weighted by atomic mass is 10.3. The summed E-state index contributed by atoms with van der Waals surface area (Å²) in [5.41, 5.74) is 0.456. The van der Waals surface area contributed by atoms with Gasteiger partial charge in [0.1, 0.15) is 10.8 Å². The van der Waals surface area contributed by atoms with Gasteiger partial charge < -0.3 is 10.1 Å². The Morgan fingerprint density at radius 1 is 1.33 bits per heavy atom. The van der Waals surface area contributed by atoms with Gasteiger partial charge in [0.2, 0.25) is 0 Å². The van der Waals surface area contributed by atoms with Gasteiger partial charge in [-0.2, -0.15) is 0 Å². The molecule has 1 N–H and O–H groups in total. The van der Waals surface area contributed by atoms with Crippen molar-refractivity contribution in [2.24, 2.45) is 0 Å². The van der Waals surface area contributed by atoms with E-state index >= 15 is 0 Å². The second-order valence-corrected chi connectivity index (χ2v) is 5.68. The molecule has 2 rings (SSSR count). The number of rotatable bonds is 6. The number of aromatic nitrogens is 2. The quantitative estimate of drug-likeness (QED) is 0.828. The molecule has 2 aromatic rings. The molecule has 6 heteroatoms. The largest absolute Gasteiger partial charge is 0.462 e. The number of hydrogen-bond acceptors (Lipinski definition) is 6. The molecule has 0 aliphatic carbocycles. The van der Waals surface area contributed by atoms with Crippen LogP contribution in [0.2, 0.25) is 0 Å². The lowest BCUT2D eigenvalue weighted by molar-refractivity contribution is 0.0526. The van der Waals surface area contributed by atoms with Gasteiger partial charge >= 0.3 is 5.97 Å². The highest BCUT2D eigenvalue weighted by Crippen LogP contribution is 2.23. The molecule has 0 fully saturated rings. The van der Waals surface area contributed by atoms with Crippen molar-refractivity contribution in [3.8, 4) is 0 Å². The second kappa shape index (κ2) is 7.17. The summed E-state index contributed by atoms with van der Waals surface area (Å²) < 4.78 is 4.93. The van der Waals surface area contributed by atoms with Crippen LogP contribution < -0.4 is 5.32 Å². The number of pyridine rings is 1. The van der Waals surface area contributed by atoms with Crippen LogP contribution in [-0.4, -0.2) is 22.5 Å². The van der Waals surface area contributed by atoms with Gasteiger partial charge in [0, 0.05) is 17.3 Å². The summed E-state index contributed by atoms with van der Waals surface area (Å²) in [6, 6.07) is 3.56. The SMILES string of the molecule is CCOC(=O)c1ccc(NC(C)c2ncc(CC)s2)nc1. The van der Waals surface area contributed by atoms with E-state index in [1.54, 1.807) is 30.4 Å². The minimum absolute atomic E-state index is 0.0799. The van der Waals surface area contributed by atoms with Gasteiger partial charge in [0.05, 0.1) is 18.2 Å². The molecule has 2 heterocycles. The molecular weight excluding hydrogens is 286 g/mol. The molecule has 21 heavy (non-hydrogen) atoms. The van der Waals surface area contributed by atoms with E-state index in [-0.39, 0.29) is 12.0 Å². The van der Waals surface area contributed by atoms with Gasteiger partial charge in [-0.05, 0) is 32.4 Å². The maximum absolute atomic E-state index is 11.5. The fraction of sp³-hybridized carbons (Fsp3) is 0.400.